The Morgan fingerprint density at radius 1 is 1.18 bits per heavy atom. The fourth-order valence-corrected chi connectivity index (χ4v) is 3.44. The van der Waals surface area contributed by atoms with Gasteiger partial charge in [-0.1, -0.05) is 41.9 Å². The summed E-state index contributed by atoms with van der Waals surface area (Å²) in [4.78, 5) is 37.7. The largest absolute Gasteiger partial charge is 0.490 e. The van der Waals surface area contributed by atoms with Gasteiger partial charge in [-0.3, -0.25) is 19.7 Å². The molecule has 0 bridgehead atoms. The summed E-state index contributed by atoms with van der Waals surface area (Å²) in [5.74, 6) is -0.123. The van der Waals surface area contributed by atoms with Crippen molar-refractivity contribution in [2.45, 2.75) is 33.4 Å². The van der Waals surface area contributed by atoms with Gasteiger partial charge in [0.15, 0.2) is 6.61 Å². The predicted molar refractivity (Wildman–Crippen MR) is 127 cm³/mol. The van der Waals surface area contributed by atoms with Crippen molar-refractivity contribution in [3.05, 3.63) is 62.6 Å². The zero-order valence-corrected chi connectivity index (χ0v) is 20.6. The molecule has 2 aromatic rings. The first-order valence-electron chi connectivity index (χ1n) is 10.4. The Morgan fingerprint density at radius 2 is 1.91 bits per heavy atom. The number of amides is 2. The second kappa shape index (κ2) is 12.2. The lowest BCUT2D eigenvalue weighted by molar-refractivity contribution is -0.385. The zero-order chi connectivity index (χ0) is 24.5. The number of ether oxygens (including phenoxy) is 2. The van der Waals surface area contributed by atoms with Gasteiger partial charge >= 0.3 is 5.69 Å². The average molecular weight is 522 g/mol. The second-order valence-corrected chi connectivity index (χ2v) is 8.76. The Kier molecular flexibility index (Phi) is 9.65. The Bertz CT molecular complexity index is 998. The van der Waals surface area contributed by atoms with Gasteiger partial charge in [0.25, 0.3) is 5.91 Å². The number of hydrogen-bond acceptors (Lipinski definition) is 6. The minimum Gasteiger partial charge on any atom is -0.490 e. The van der Waals surface area contributed by atoms with Crippen molar-refractivity contribution in [2.24, 2.45) is 5.92 Å². The molecule has 2 amide bonds. The van der Waals surface area contributed by atoms with Gasteiger partial charge in [0.2, 0.25) is 11.7 Å². The third-order valence-corrected chi connectivity index (χ3v) is 5.30. The van der Waals surface area contributed by atoms with E-state index in [1.54, 1.807) is 6.92 Å². The lowest BCUT2D eigenvalue weighted by atomic mass is 10.1. The fraction of sp³-hybridized carbons (Fsp3) is 0.391. The smallest absolute Gasteiger partial charge is 0.311 e. The van der Waals surface area contributed by atoms with Gasteiger partial charge in [-0.05, 0) is 36.6 Å². The van der Waals surface area contributed by atoms with E-state index in [9.17, 15) is 19.7 Å². The highest BCUT2D eigenvalue weighted by atomic mass is 79.9. The minimum atomic E-state index is -0.731. The Hall–Kier alpha value is -3.14. The molecular formula is C23H28BrN3O6. The lowest BCUT2D eigenvalue weighted by Crippen LogP contribution is -2.49. The molecule has 0 fully saturated rings. The van der Waals surface area contributed by atoms with Crippen molar-refractivity contribution in [1.29, 1.82) is 0 Å². The van der Waals surface area contributed by atoms with E-state index in [4.69, 9.17) is 9.47 Å². The third-order valence-electron chi connectivity index (χ3n) is 4.80. The van der Waals surface area contributed by atoms with Crippen LogP contribution in [0.15, 0.2) is 46.9 Å². The van der Waals surface area contributed by atoms with Gasteiger partial charge in [0, 0.05) is 29.7 Å². The molecule has 0 aliphatic rings. The number of methoxy groups -OCH3 is 1. The molecule has 0 aliphatic heterocycles. The van der Waals surface area contributed by atoms with Crippen molar-refractivity contribution in [1.82, 2.24) is 10.2 Å². The number of rotatable bonds is 11. The van der Waals surface area contributed by atoms with Gasteiger partial charge in [0.05, 0.1) is 12.0 Å². The Labute approximate surface area is 201 Å². The molecule has 178 valence electrons. The molecule has 2 aromatic carbocycles. The number of nitro benzene ring substituents is 1. The van der Waals surface area contributed by atoms with Crippen molar-refractivity contribution < 1.29 is 24.0 Å². The molecule has 2 rings (SSSR count). The summed E-state index contributed by atoms with van der Waals surface area (Å²) < 4.78 is 11.5. The molecule has 0 heterocycles. The van der Waals surface area contributed by atoms with E-state index in [1.165, 1.54) is 30.2 Å². The summed E-state index contributed by atoms with van der Waals surface area (Å²) in [5.41, 5.74) is 0.640. The SMILES string of the molecule is COc1cc(OCC(=O)N(Cc2cccc(Br)c2)C(C)C(=O)NCC(C)C)ccc1[N+](=O)[O-]. The first-order valence-corrected chi connectivity index (χ1v) is 11.2. The van der Waals surface area contributed by atoms with Gasteiger partial charge in [-0.25, -0.2) is 0 Å². The average Bonchev–Trinajstić information content (AvgIpc) is 2.78. The van der Waals surface area contributed by atoms with Crippen LogP contribution in [0.5, 0.6) is 11.5 Å². The maximum absolute atomic E-state index is 13.1. The molecule has 0 aliphatic carbocycles. The third kappa shape index (κ3) is 7.74. The molecule has 33 heavy (non-hydrogen) atoms. The molecule has 0 saturated heterocycles. The molecule has 1 atom stereocenters. The van der Waals surface area contributed by atoms with Crippen molar-refractivity contribution >= 4 is 33.4 Å². The molecule has 0 spiro atoms. The molecule has 1 unspecified atom stereocenters. The van der Waals surface area contributed by atoms with Crippen LogP contribution in [0.2, 0.25) is 0 Å². The van der Waals surface area contributed by atoms with Crippen molar-refractivity contribution in [3.8, 4) is 11.5 Å². The van der Waals surface area contributed by atoms with E-state index in [0.717, 1.165) is 10.0 Å². The quantitative estimate of drug-likeness (QED) is 0.354. The highest BCUT2D eigenvalue weighted by molar-refractivity contribution is 9.10. The molecular weight excluding hydrogens is 494 g/mol. The molecule has 0 saturated carbocycles. The van der Waals surface area contributed by atoms with Crippen LogP contribution >= 0.6 is 15.9 Å². The molecule has 1 N–H and O–H groups in total. The van der Waals surface area contributed by atoms with Gasteiger partial charge in [-0.2, -0.15) is 0 Å². The number of carbonyl (C=O) groups is 2. The summed E-state index contributed by atoms with van der Waals surface area (Å²) in [6.07, 6.45) is 0. The molecule has 9 nitrogen and oxygen atoms in total. The second-order valence-electron chi connectivity index (χ2n) is 7.85. The first-order chi connectivity index (χ1) is 15.6. The normalized spacial score (nSPS) is 11.6. The number of carbonyl (C=O) groups excluding carboxylic acids is 2. The van der Waals surface area contributed by atoms with Crippen LogP contribution in [-0.4, -0.2) is 47.9 Å². The van der Waals surface area contributed by atoms with Crippen LogP contribution in [0, 0.1) is 16.0 Å². The summed E-state index contributed by atoms with van der Waals surface area (Å²) in [6.45, 7) is 6.00. The van der Waals surface area contributed by atoms with Crippen LogP contribution in [0.4, 0.5) is 5.69 Å². The fourth-order valence-electron chi connectivity index (χ4n) is 2.99. The van der Waals surface area contributed by atoms with Crippen molar-refractivity contribution in [2.75, 3.05) is 20.3 Å². The molecule has 10 heteroatoms. The number of nitrogens with one attached hydrogen (secondary N) is 1. The minimum absolute atomic E-state index is 0.0253. The summed E-state index contributed by atoms with van der Waals surface area (Å²) in [5, 5.41) is 13.9. The predicted octanol–water partition coefficient (Wildman–Crippen LogP) is 3.93. The highest BCUT2D eigenvalue weighted by Crippen LogP contribution is 2.30. The maximum Gasteiger partial charge on any atom is 0.311 e. The lowest BCUT2D eigenvalue weighted by Gasteiger charge is -2.29. The van der Waals surface area contributed by atoms with Gasteiger partial charge < -0.3 is 19.7 Å². The monoisotopic (exact) mass is 521 g/mol. The zero-order valence-electron chi connectivity index (χ0n) is 19.0. The number of hydrogen-bond donors (Lipinski definition) is 1. The highest BCUT2D eigenvalue weighted by Gasteiger charge is 2.27. The van der Waals surface area contributed by atoms with Crippen LogP contribution < -0.4 is 14.8 Å². The summed E-state index contributed by atoms with van der Waals surface area (Å²) >= 11 is 3.42. The van der Waals surface area contributed by atoms with Crippen LogP contribution in [0.1, 0.15) is 26.3 Å². The van der Waals surface area contributed by atoms with Gasteiger partial charge in [-0.15, -0.1) is 0 Å². The maximum atomic E-state index is 13.1. The number of benzene rings is 2. The van der Waals surface area contributed by atoms with E-state index in [0.29, 0.717) is 6.54 Å². The van der Waals surface area contributed by atoms with E-state index in [1.807, 2.05) is 38.1 Å². The molecule has 0 radical (unpaired) electrons. The standard InChI is InChI=1S/C23H28BrN3O6/c1-15(2)12-25-23(29)16(3)26(13-17-6-5-7-18(24)10-17)22(28)14-33-19-8-9-20(27(30)31)21(11-19)32-4/h5-11,15-16H,12-14H2,1-4H3,(H,25,29). The van der Waals surface area contributed by atoms with Crippen LogP contribution in [0.25, 0.3) is 0 Å². The summed E-state index contributed by atoms with van der Waals surface area (Å²) in [7, 11) is 1.31. The van der Waals surface area contributed by atoms with Crippen LogP contribution in [-0.2, 0) is 16.1 Å². The number of nitrogens with zero attached hydrogens (tertiary/aromatic N) is 2. The number of halogens is 1. The Morgan fingerprint density at radius 3 is 2.52 bits per heavy atom. The van der Waals surface area contributed by atoms with Gasteiger partial charge in [0.1, 0.15) is 11.8 Å². The first kappa shape index (κ1) is 26.1. The number of nitro groups is 1. The molecule has 0 aromatic heterocycles. The summed E-state index contributed by atoms with van der Waals surface area (Å²) in [6, 6.07) is 10.7. The van der Waals surface area contributed by atoms with Crippen molar-refractivity contribution in [3.63, 3.8) is 0 Å². The van der Waals surface area contributed by atoms with E-state index >= 15 is 0 Å². The van der Waals surface area contributed by atoms with E-state index < -0.39 is 16.9 Å². The van der Waals surface area contributed by atoms with Crippen LogP contribution in [0.3, 0.4) is 0 Å². The Balaban J connectivity index is 2.18. The topological polar surface area (TPSA) is 111 Å². The van der Waals surface area contributed by atoms with E-state index in [-0.39, 0.29) is 42.2 Å². The van der Waals surface area contributed by atoms with E-state index in [2.05, 4.69) is 21.2 Å².